The van der Waals surface area contributed by atoms with Crippen LogP contribution in [-0.4, -0.2) is 27.4 Å². The van der Waals surface area contributed by atoms with E-state index in [0.717, 1.165) is 6.54 Å². The fourth-order valence-corrected chi connectivity index (χ4v) is 1.99. The summed E-state index contributed by atoms with van der Waals surface area (Å²) in [6, 6.07) is 0. The Labute approximate surface area is 103 Å². The summed E-state index contributed by atoms with van der Waals surface area (Å²) < 4.78 is 1.52. The van der Waals surface area contributed by atoms with Crippen LogP contribution in [0.1, 0.15) is 27.7 Å². The van der Waals surface area contributed by atoms with Crippen molar-refractivity contribution in [1.29, 1.82) is 0 Å². The maximum Gasteiger partial charge on any atom is 0.241 e. The molecule has 1 N–H and O–H groups in total. The zero-order chi connectivity index (χ0) is 12.8. The van der Waals surface area contributed by atoms with Gasteiger partial charge in [0, 0.05) is 12.7 Å². The van der Waals surface area contributed by atoms with Crippen LogP contribution in [0.2, 0.25) is 0 Å². The molecule has 0 unspecified atom stereocenters. The molecular formula is C12H22N4O. The van der Waals surface area contributed by atoms with E-state index in [9.17, 15) is 4.79 Å². The third kappa shape index (κ3) is 4.54. The van der Waals surface area contributed by atoms with Gasteiger partial charge in [0.15, 0.2) is 0 Å². The zero-order valence-corrected chi connectivity index (χ0v) is 11.1. The Morgan fingerprint density at radius 2 is 1.94 bits per heavy atom. The van der Waals surface area contributed by atoms with Crippen LogP contribution in [0.5, 0.6) is 0 Å². The first-order chi connectivity index (χ1) is 8.00. The van der Waals surface area contributed by atoms with Crippen molar-refractivity contribution in [3.05, 3.63) is 12.4 Å². The lowest BCUT2D eigenvalue weighted by atomic mass is 9.85. The van der Waals surface area contributed by atoms with Crippen molar-refractivity contribution < 1.29 is 4.79 Å². The average molecular weight is 238 g/mol. The van der Waals surface area contributed by atoms with Crippen LogP contribution in [0, 0.1) is 17.8 Å². The average Bonchev–Trinajstić information content (AvgIpc) is 2.69. The van der Waals surface area contributed by atoms with Crippen LogP contribution in [0.15, 0.2) is 12.4 Å². The maximum absolute atomic E-state index is 11.7. The summed E-state index contributed by atoms with van der Waals surface area (Å²) in [5.74, 6) is 1.64. The van der Waals surface area contributed by atoms with Gasteiger partial charge in [0.25, 0.3) is 0 Å². The first-order valence-electron chi connectivity index (χ1n) is 6.11. The largest absolute Gasteiger partial charge is 0.354 e. The fourth-order valence-electron chi connectivity index (χ4n) is 1.99. The van der Waals surface area contributed by atoms with Gasteiger partial charge in [-0.2, -0.15) is 0 Å². The lowest BCUT2D eigenvalue weighted by Crippen LogP contribution is -2.35. The Kier molecular flexibility index (Phi) is 5.12. The highest BCUT2D eigenvalue weighted by Gasteiger charge is 2.18. The van der Waals surface area contributed by atoms with Gasteiger partial charge in [-0.15, -0.1) is 5.10 Å². The van der Waals surface area contributed by atoms with Crippen LogP contribution in [0.3, 0.4) is 0 Å². The van der Waals surface area contributed by atoms with Gasteiger partial charge in [-0.1, -0.05) is 32.9 Å². The van der Waals surface area contributed by atoms with Gasteiger partial charge in [0.2, 0.25) is 5.91 Å². The van der Waals surface area contributed by atoms with E-state index in [1.807, 2.05) is 0 Å². The summed E-state index contributed by atoms with van der Waals surface area (Å²) in [7, 11) is 0. The molecular weight excluding hydrogens is 216 g/mol. The number of rotatable bonds is 6. The molecule has 17 heavy (non-hydrogen) atoms. The van der Waals surface area contributed by atoms with Gasteiger partial charge >= 0.3 is 0 Å². The molecule has 0 spiro atoms. The Morgan fingerprint density at radius 1 is 1.29 bits per heavy atom. The minimum Gasteiger partial charge on any atom is -0.354 e. The van der Waals surface area contributed by atoms with Gasteiger partial charge < -0.3 is 5.32 Å². The summed E-state index contributed by atoms with van der Waals surface area (Å²) in [5.41, 5.74) is 0. The minimum absolute atomic E-state index is 0.0122. The van der Waals surface area contributed by atoms with Gasteiger partial charge in [0.1, 0.15) is 6.54 Å². The smallest absolute Gasteiger partial charge is 0.241 e. The maximum atomic E-state index is 11.7. The Bertz CT molecular complexity index is 324. The molecule has 1 aromatic rings. The summed E-state index contributed by atoms with van der Waals surface area (Å²) in [4.78, 5) is 11.7. The van der Waals surface area contributed by atoms with Crippen molar-refractivity contribution in [2.45, 2.75) is 34.2 Å². The predicted molar refractivity (Wildman–Crippen MR) is 66.2 cm³/mol. The lowest BCUT2D eigenvalue weighted by molar-refractivity contribution is -0.122. The van der Waals surface area contributed by atoms with E-state index in [1.165, 1.54) is 4.68 Å². The highest BCUT2D eigenvalue weighted by Crippen LogP contribution is 2.19. The van der Waals surface area contributed by atoms with E-state index in [-0.39, 0.29) is 12.5 Å². The molecule has 5 nitrogen and oxygen atoms in total. The molecule has 5 heteroatoms. The number of nitrogens with zero attached hydrogens (tertiary/aromatic N) is 3. The van der Waals surface area contributed by atoms with Crippen LogP contribution in [-0.2, 0) is 11.3 Å². The molecule has 0 aliphatic rings. The second-order valence-electron chi connectivity index (χ2n) is 5.06. The van der Waals surface area contributed by atoms with Crippen LogP contribution < -0.4 is 5.32 Å². The lowest BCUT2D eigenvalue weighted by Gasteiger charge is -2.25. The summed E-state index contributed by atoms with van der Waals surface area (Å²) in [6.07, 6.45) is 3.25. The van der Waals surface area contributed by atoms with Gasteiger partial charge in [0.05, 0.1) is 6.20 Å². The summed E-state index contributed by atoms with van der Waals surface area (Å²) in [5, 5.41) is 10.4. The molecule has 0 fully saturated rings. The first kappa shape index (κ1) is 13.7. The number of aromatic nitrogens is 3. The van der Waals surface area contributed by atoms with E-state index >= 15 is 0 Å². The number of carbonyl (C=O) groups is 1. The molecule has 0 saturated carbocycles. The molecule has 1 amide bonds. The van der Waals surface area contributed by atoms with Crippen molar-refractivity contribution in [3.63, 3.8) is 0 Å². The second kappa shape index (κ2) is 6.37. The summed E-state index contributed by atoms with van der Waals surface area (Å²) in [6.45, 7) is 9.72. The fraction of sp³-hybridized carbons (Fsp3) is 0.750. The standard InChI is InChI=1S/C12H22N4O/c1-9(2)11(10(3)4)7-13-12(17)8-16-6-5-14-15-16/h5-6,9-11H,7-8H2,1-4H3,(H,13,17). The second-order valence-corrected chi connectivity index (χ2v) is 5.06. The van der Waals surface area contributed by atoms with Crippen molar-refractivity contribution >= 4 is 5.91 Å². The van der Waals surface area contributed by atoms with Crippen molar-refractivity contribution in [2.24, 2.45) is 17.8 Å². The molecule has 0 saturated heterocycles. The molecule has 0 radical (unpaired) electrons. The topological polar surface area (TPSA) is 59.8 Å². The molecule has 0 bridgehead atoms. The normalized spacial score (nSPS) is 11.5. The number of hydrogen-bond acceptors (Lipinski definition) is 3. The Hall–Kier alpha value is -1.39. The third-order valence-corrected chi connectivity index (χ3v) is 3.03. The van der Waals surface area contributed by atoms with E-state index in [0.29, 0.717) is 17.8 Å². The molecule has 0 aliphatic carbocycles. The molecule has 1 aromatic heterocycles. The van der Waals surface area contributed by atoms with E-state index in [4.69, 9.17) is 0 Å². The molecule has 0 aromatic carbocycles. The van der Waals surface area contributed by atoms with Crippen LogP contribution in [0.25, 0.3) is 0 Å². The first-order valence-corrected chi connectivity index (χ1v) is 6.11. The SMILES string of the molecule is CC(C)C(CNC(=O)Cn1ccnn1)C(C)C. The molecule has 0 atom stereocenters. The molecule has 0 aliphatic heterocycles. The Morgan fingerprint density at radius 3 is 2.41 bits per heavy atom. The highest BCUT2D eigenvalue weighted by atomic mass is 16.2. The van der Waals surface area contributed by atoms with Crippen LogP contribution in [0.4, 0.5) is 0 Å². The predicted octanol–water partition coefficient (Wildman–Crippen LogP) is 1.32. The monoisotopic (exact) mass is 238 g/mol. The Balaban J connectivity index is 2.36. The number of amides is 1. The van der Waals surface area contributed by atoms with E-state index in [2.05, 4.69) is 43.3 Å². The number of carbonyl (C=O) groups excluding carboxylic acids is 1. The van der Waals surface area contributed by atoms with Gasteiger partial charge in [-0.05, 0) is 17.8 Å². The van der Waals surface area contributed by atoms with E-state index in [1.54, 1.807) is 12.4 Å². The van der Waals surface area contributed by atoms with Gasteiger partial charge in [-0.25, -0.2) is 4.68 Å². The van der Waals surface area contributed by atoms with Crippen molar-refractivity contribution in [2.75, 3.05) is 6.54 Å². The summed E-state index contributed by atoms with van der Waals surface area (Å²) >= 11 is 0. The van der Waals surface area contributed by atoms with Crippen molar-refractivity contribution in [3.8, 4) is 0 Å². The highest BCUT2D eigenvalue weighted by molar-refractivity contribution is 5.75. The minimum atomic E-state index is -0.0122. The quantitative estimate of drug-likeness (QED) is 0.813. The van der Waals surface area contributed by atoms with E-state index < -0.39 is 0 Å². The van der Waals surface area contributed by atoms with Crippen molar-refractivity contribution in [1.82, 2.24) is 20.3 Å². The number of nitrogens with one attached hydrogen (secondary N) is 1. The molecule has 96 valence electrons. The zero-order valence-electron chi connectivity index (χ0n) is 11.1. The van der Waals surface area contributed by atoms with Crippen LogP contribution >= 0.6 is 0 Å². The number of hydrogen-bond donors (Lipinski definition) is 1. The molecule has 1 heterocycles. The third-order valence-electron chi connectivity index (χ3n) is 3.03. The van der Waals surface area contributed by atoms with Gasteiger partial charge in [-0.3, -0.25) is 4.79 Å². The molecule has 1 rings (SSSR count).